The first kappa shape index (κ1) is 22.9. The molecule has 0 spiro atoms. The fourth-order valence-electron chi connectivity index (χ4n) is 2.57. The van der Waals surface area contributed by atoms with Crippen LogP contribution in [0.5, 0.6) is 5.75 Å². The van der Waals surface area contributed by atoms with Gasteiger partial charge in [-0.25, -0.2) is 4.79 Å². The van der Waals surface area contributed by atoms with Crippen LogP contribution in [0.25, 0.3) is 6.08 Å². The molecular weight excluding hydrogens is 382 g/mol. The van der Waals surface area contributed by atoms with Crippen LogP contribution in [-0.4, -0.2) is 36.9 Å². The van der Waals surface area contributed by atoms with Crippen LogP contribution < -0.4 is 10.1 Å². The quantitative estimate of drug-likeness (QED) is 0.409. The number of benzene rings is 2. The van der Waals surface area contributed by atoms with Crippen LogP contribution in [-0.2, 0) is 20.7 Å². The van der Waals surface area contributed by atoms with Crippen molar-refractivity contribution in [2.75, 3.05) is 13.7 Å². The summed E-state index contributed by atoms with van der Waals surface area (Å²) in [5, 5.41) is 2.64. The van der Waals surface area contributed by atoms with Crippen molar-refractivity contribution in [3.05, 3.63) is 71.3 Å². The highest BCUT2D eigenvalue weighted by atomic mass is 16.6. The Balaban J connectivity index is 1.84. The molecule has 2 aromatic carbocycles. The summed E-state index contributed by atoms with van der Waals surface area (Å²) in [5.74, 6) is -0.257. The molecule has 0 fully saturated rings. The lowest BCUT2D eigenvalue weighted by Crippen LogP contribution is -2.30. The lowest BCUT2D eigenvalue weighted by Gasteiger charge is -2.17. The monoisotopic (exact) mass is 409 g/mol. The number of hydrogen-bond donors (Lipinski definition) is 1. The van der Waals surface area contributed by atoms with Crippen molar-refractivity contribution in [1.29, 1.82) is 0 Å². The Hall–Kier alpha value is -3.41. The Labute approximate surface area is 176 Å². The van der Waals surface area contributed by atoms with Crippen LogP contribution in [0.3, 0.4) is 0 Å². The number of hydrogen-bond acceptors (Lipinski definition) is 5. The number of ketones is 1. The minimum Gasteiger partial charge on any atom is -0.497 e. The molecule has 0 aliphatic rings. The van der Waals surface area contributed by atoms with E-state index in [0.29, 0.717) is 11.3 Å². The standard InChI is InChI=1S/C24H27NO5/c1-24(2,3)30-23(28)13-12-17-8-10-18(11-9-17)14-22(27)25-16-21(26)19-6-5-7-20(15-19)29-4/h5-13,15H,14,16H2,1-4H3,(H,25,27). The highest BCUT2D eigenvalue weighted by Crippen LogP contribution is 2.13. The zero-order chi connectivity index (χ0) is 22.1. The summed E-state index contributed by atoms with van der Waals surface area (Å²) < 4.78 is 10.3. The minimum atomic E-state index is -0.535. The maximum atomic E-state index is 12.2. The molecule has 1 amide bonds. The molecule has 0 unspecified atom stereocenters. The van der Waals surface area contributed by atoms with E-state index >= 15 is 0 Å². The Kier molecular flexibility index (Phi) is 7.92. The summed E-state index contributed by atoms with van der Waals surface area (Å²) in [6, 6.07) is 14.0. The van der Waals surface area contributed by atoms with E-state index < -0.39 is 11.6 Å². The van der Waals surface area contributed by atoms with Gasteiger partial charge in [0.2, 0.25) is 5.91 Å². The fraction of sp³-hybridized carbons (Fsp3) is 0.292. The van der Waals surface area contributed by atoms with Gasteiger partial charge in [0.05, 0.1) is 20.1 Å². The van der Waals surface area contributed by atoms with Crippen molar-refractivity contribution in [3.8, 4) is 5.75 Å². The van der Waals surface area contributed by atoms with Crippen molar-refractivity contribution >= 4 is 23.7 Å². The first-order chi connectivity index (χ1) is 14.2. The van der Waals surface area contributed by atoms with E-state index in [4.69, 9.17) is 9.47 Å². The molecule has 158 valence electrons. The lowest BCUT2D eigenvalue weighted by molar-refractivity contribution is -0.148. The van der Waals surface area contributed by atoms with Crippen LogP contribution in [0, 0.1) is 0 Å². The number of methoxy groups -OCH3 is 1. The van der Waals surface area contributed by atoms with Gasteiger partial charge >= 0.3 is 5.97 Å². The van der Waals surface area contributed by atoms with Gasteiger partial charge < -0.3 is 14.8 Å². The highest BCUT2D eigenvalue weighted by molar-refractivity contribution is 5.99. The van der Waals surface area contributed by atoms with Gasteiger partial charge in [0.1, 0.15) is 11.4 Å². The number of amides is 1. The number of nitrogens with one attached hydrogen (secondary N) is 1. The Morgan fingerprint density at radius 3 is 2.37 bits per heavy atom. The molecule has 6 nitrogen and oxygen atoms in total. The van der Waals surface area contributed by atoms with Crippen LogP contribution in [0.1, 0.15) is 42.3 Å². The molecule has 0 radical (unpaired) electrons. The highest BCUT2D eigenvalue weighted by Gasteiger charge is 2.14. The summed E-state index contributed by atoms with van der Waals surface area (Å²) in [6.45, 7) is 5.34. The third-order valence-electron chi connectivity index (χ3n) is 4.00. The molecule has 0 aromatic heterocycles. The van der Waals surface area contributed by atoms with Crippen molar-refractivity contribution in [3.63, 3.8) is 0 Å². The molecule has 0 saturated heterocycles. The summed E-state index contributed by atoms with van der Waals surface area (Å²) in [7, 11) is 1.53. The first-order valence-electron chi connectivity index (χ1n) is 9.60. The Morgan fingerprint density at radius 2 is 1.73 bits per heavy atom. The molecule has 0 bridgehead atoms. The van der Waals surface area contributed by atoms with Gasteiger partial charge in [-0.05, 0) is 50.1 Å². The second-order valence-electron chi connectivity index (χ2n) is 7.72. The largest absolute Gasteiger partial charge is 0.497 e. The van der Waals surface area contributed by atoms with E-state index in [1.54, 1.807) is 42.5 Å². The van der Waals surface area contributed by atoms with Crippen LogP contribution >= 0.6 is 0 Å². The van der Waals surface area contributed by atoms with E-state index in [2.05, 4.69) is 5.32 Å². The van der Waals surface area contributed by atoms with Gasteiger partial charge in [0, 0.05) is 11.6 Å². The van der Waals surface area contributed by atoms with E-state index in [9.17, 15) is 14.4 Å². The zero-order valence-corrected chi connectivity index (χ0v) is 17.7. The van der Waals surface area contributed by atoms with Crippen LogP contribution in [0.2, 0.25) is 0 Å². The van der Waals surface area contributed by atoms with Crippen molar-refractivity contribution in [1.82, 2.24) is 5.32 Å². The number of Topliss-reactive ketones (excluding diaryl/α,β-unsaturated/α-hetero) is 1. The molecule has 6 heteroatoms. The molecule has 0 aliphatic carbocycles. The molecule has 0 saturated carbocycles. The maximum Gasteiger partial charge on any atom is 0.331 e. The molecule has 30 heavy (non-hydrogen) atoms. The van der Waals surface area contributed by atoms with Crippen molar-refractivity contribution in [2.24, 2.45) is 0 Å². The van der Waals surface area contributed by atoms with Crippen molar-refractivity contribution in [2.45, 2.75) is 32.8 Å². The van der Waals surface area contributed by atoms with Gasteiger partial charge in [0.25, 0.3) is 0 Å². The lowest BCUT2D eigenvalue weighted by atomic mass is 10.1. The number of esters is 1. The average Bonchev–Trinajstić information content (AvgIpc) is 2.70. The van der Waals surface area contributed by atoms with Gasteiger partial charge in [-0.2, -0.15) is 0 Å². The van der Waals surface area contributed by atoms with Crippen molar-refractivity contribution < 1.29 is 23.9 Å². The van der Waals surface area contributed by atoms with E-state index in [1.807, 2.05) is 32.9 Å². The number of carbonyl (C=O) groups is 3. The number of ether oxygens (including phenoxy) is 2. The van der Waals surface area contributed by atoms with Crippen LogP contribution in [0.15, 0.2) is 54.6 Å². The summed E-state index contributed by atoms with van der Waals surface area (Å²) >= 11 is 0. The predicted molar refractivity (Wildman–Crippen MR) is 115 cm³/mol. The van der Waals surface area contributed by atoms with E-state index in [1.165, 1.54) is 13.2 Å². The molecule has 2 aromatic rings. The van der Waals surface area contributed by atoms with Gasteiger partial charge in [-0.3, -0.25) is 9.59 Å². The molecule has 1 N–H and O–H groups in total. The summed E-state index contributed by atoms with van der Waals surface area (Å²) in [5.41, 5.74) is 1.57. The third-order valence-corrected chi connectivity index (χ3v) is 4.00. The first-order valence-corrected chi connectivity index (χ1v) is 9.60. The van der Waals surface area contributed by atoms with E-state index in [-0.39, 0.29) is 24.7 Å². The fourth-order valence-corrected chi connectivity index (χ4v) is 2.57. The van der Waals surface area contributed by atoms with Crippen LogP contribution in [0.4, 0.5) is 0 Å². The molecule has 0 heterocycles. The molecule has 2 rings (SSSR count). The smallest absolute Gasteiger partial charge is 0.331 e. The van der Waals surface area contributed by atoms with Gasteiger partial charge in [0.15, 0.2) is 5.78 Å². The number of carbonyl (C=O) groups excluding carboxylic acids is 3. The molecule has 0 atom stereocenters. The average molecular weight is 409 g/mol. The van der Waals surface area contributed by atoms with Gasteiger partial charge in [-0.1, -0.05) is 36.4 Å². The topological polar surface area (TPSA) is 81.7 Å². The Bertz CT molecular complexity index is 923. The summed E-state index contributed by atoms with van der Waals surface area (Å²) in [4.78, 5) is 36.1. The SMILES string of the molecule is COc1cccc(C(=O)CNC(=O)Cc2ccc(C=CC(=O)OC(C)(C)C)cc2)c1. The Morgan fingerprint density at radius 1 is 1.03 bits per heavy atom. The second-order valence-corrected chi connectivity index (χ2v) is 7.72. The van der Waals surface area contributed by atoms with Gasteiger partial charge in [-0.15, -0.1) is 0 Å². The predicted octanol–water partition coefficient (Wildman–Crippen LogP) is 3.59. The minimum absolute atomic E-state index is 0.0806. The summed E-state index contributed by atoms with van der Waals surface area (Å²) in [6.07, 6.45) is 3.18. The second kappa shape index (κ2) is 10.4. The molecular formula is C24H27NO5. The number of rotatable bonds is 8. The maximum absolute atomic E-state index is 12.2. The van der Waals surface area contributed by atoms with E-state index in [0.717, 1.165) is 11.1 Å². The zero-order valence-electron chi connectivity index (χ0n) is 17.7. The third kappa shape index (κ3) is 7.91. The molecule has 0 aliphatic heterocycles. The normalized spacial score (nSPS) is 11.2.